The Morgan fingerprint density at radius 3 is 2.71 bits per heavy atom. The number of thiophene rings is 1. The molecule has 0 bridgehead atoms. The summed E-state index contributed by atoms with van der Waals surface area (Å²) in [5.41, 5.74) is -0.222. The first-order valence-electron chi connectivity index (χ1n) is 4.08. The van der Waals surface area contributed by atoms with Gasteiger partial charge in [0.1, 0.15) is 4.88 Å². The summed E-state index contributed by atoms with van der Waals surface area (Å²) < 4.78 is 0.852. The van der Waals surface area contributed by atoms with E-state index in [1.807, 2.05) is 25.3 Å². The summed E-state index contributed by atoms with van der Waals surface area (Å²) in [7, 11) is 0. The third-order valence-electron chi connectivity index (χ3n) is 1.61. The summed E-state index contributed by atoms with van der Waals surface area (Å²) in [6.45, 7) is 3.95. The number of carbonyl (C=O) groups excluding carboxylic acids is 1. The maximum atomic E-state index is 11.7. The average molecular weight is 341 g/mol. The smallest absolute Gasteiger partial charge is 0.262 e. The molecule has 1 amide bonds. The fraction of sp³-hybridized carbons (Fsp3) is 0.444. The molecule has 0 spiro atoms. The van der Waals surface area contributed by atoms with Gasteiger partial charge in [-0.15, -0.1) is 11.3 Å². The minimum atomic E-state index is -0.222. The van der Waals surface area contributed by atoms with Crippen LogP contribution in [0.3, 0.4) is 0 Å². The molecule has 0 saturated carbocycles. The van der Waals surface area contributed by atoms with Crippen LogP contribution in [-0.2, 0) is 0 Å². The Morgan fingerprint density at radius 2 is 2.29 bits per heavy atom. The Labute approximate surface area is 104 Å². The quantitative estimate of drug-likeness (QED) is 0.839. The highest BCUT2D eigenvalue weighted by Gasteiger charge is 2.21. The number of nitrogens with one attached hydrogen (secondary N) is 1. The Bertz CT molecular complexity index is 335. The molecule has 1 N–H and O–H groups in total. The molecule has 0 fully saturated rings. The van der Waals surface area contributed by atoms with E-state index >= 15 is 0 Å². The van der Waals surface area contributed by atoms with Crippen molar-refractivity contribution < 1.29 is 4.79 Å². The van der Waals surface area contributed by atoms with E-state index in [1.165, 1.54) is 11.3 Å². The van der Waals surface area contributed by atoms with Crippen molar-refractivity contribution in [2.75, 3.05) is 5.33 Å². The van der Waals surface area contributed by atoms with E-state index in [-0.39, 0.29) is 11.4 Å². The zero-order valence-electron chi connectivity index (χ0n) is 7.93. The van der Waals surface area contributed by atoms with Crippen LogP contribution in [-0.4, -0.2) is 16.8 Å². The second-order valence-electron chi connectivity index (χ2n) is 3.57. The van der Waals surface area contributed by atoms with Crippen molar-refractivity contribution in [3.63, 3.8) is 0 Å². The molecule has 0 aliphatic rings. The zero-order valence-corrected chi connectivity index (χ0v) is 11.9. The molecule has 1 heterocycles. The zero-order chi connectivity index (χ0) is 10.8. The molecule has 5 heteroatoms. The Morgan fingerprint density at radius 1 is 1.64 bits per heavy atom. The molecule has 2 nitrogen and oxygen atoms in total. The van der Waals surface area contributed by atoms with Crippen LogP contribution in [0, 0.1) is 0 Å². The van der Waals surface area contributed by atoms with Gasteiger partial charge >= 0.3 is 0 Å². The maximum absolute atomic E-state index is 11.7. The highest BCUT2D eigenvalue weighted by Crippen LogP contribution is 2.23. The first-order valence-corrected chi connectivity index (χ1v) is 6.87. The highest BCUT2D eigenvalue weighted by atomic mass is 79.9. The van der Waals surface area contributed by atoms with E-state index < -0.39 is 0 Å². The van der Waals surface area contributed by atoms with E-state index in [0.29, 0.717) is 0 Å². The van der Waals surface area contributed by atoms with Gasteiger partial charge in [0.2, 0.25) is 0 Å². The van der Waals surface area contributed by atoms with E-state index in [9.17, 15) is 4.79 Å². The second kappa shape index (κ2) is 4.77. The fourth-order valence-electron chi connectivity index (χ4n) is 0.853. The van der Waals surface area contributed by atoms with Gasteiger partial charge in [-0.2, -0.15) is 0 Å². The first kappa shape index (κ1) is 12.2. The number of hydrogen-bond acceptors (Lipinski definition) is 2. The van der Waals surface area contributed by atoms with Crippen molar-refractivity contribution >= 4 is 49.1 Å². The number of amides is 1. The standard InChI is InChI=1S/C9H11Br2NOS/c1-9(2,5-10)12-8(13)7-6(11)3-4-14-7/h3-4H,5H2,1-2H3,(H,12,13). The highest BCUT2D eigenvalue weighted by molar-refractivity contribution is 9.10. The van der Waals surface area contributed by atoms with Gasteiger partial charge in [-0.1, -0.05) is 15.9 Å². The van der Waals surface area contributed by atoms with Crippen molar-refractivity contribution in [1.82, 2.24) is 5.32 Å². The van der Waals surface area contributed by atoms with Crippen LogP contribution in [0.25, 0.3) is 0 Å². The minimum Gasteiger partial charge on any atom is -0.346 e. The maximum Gasteiger partial charge on any atom is 0.262 e. The molecule has 1 aromatic heterocycles. The second-order valence-corrected chi connectivity index (χ2v) is 5.90. The SMILES string of the molecule is CC(C)(CBr)NC(=O)c1sccc1Br. The van der Waals surface area contributed by atoms with Gasteiger partial charge in [0.15, 0.2) is 0 Å². The monoisotopic (exact) mass is 339 g/mol. The van der Waals surface area contributed by atoms with Gasteiger partial charge in [-0.25, -0.2) is 0 Å². The molecule has 0 radical (unpaired) electrons. The predicted octanol–water partition coefficient (Wildman–Crippen LogP) is 3.41. The van der Waals surface area contributed by atoms with Crippen molar-refractivity contribution in [1.29, 1.82) is 0 Å². The molecule has 1 rings (SSSR count). The number of halogens is 2. The van der Waals surface area contributed by atoms with Crippen LogP contribution in [0.2, 0.25) is 0 Å². The van der Waals surface area contributed by atoms with E-state index in [1.54, 1.807) is 0 Å². The van der Waals surface area contributed by atoms with Crippen LogP contribution >= 0.6 is 43.2 Å². The summed E-state index contributed by atoms with van der Waals surface area (Å²) >= 11 is 8.13. The largest absolute Gasteiger partial charge is 0.346 e. The van der Waals surface area contributed by atoms with Crippen LogP contribution in [0.15, 0.2) is 15.9 Å². The van der Waals surface area contributed by atoms with Crippen molar-refractivity contribution in [2.24, 2.45) is 0 Å². The fourth-order valence-corrected chi connectivity index (χ4v) is 2.44. The molecule has 1 aromatic rings. The topological polar surface area (TPSA) is 29.1 Å². The van der Waals surface area contributed by atoms with Gasteiger partial charge in [-0.05, 0) is 41.2 Å². The third-order valence-corrected chi connectivity index (χ3v) is 4.85. The van der Waals surface area contributed by atoms with Gasteiger partial charge < -0.3 is 5.32 Å². The molecule has 0 unspecified atom stereocenters. The molecular formula is C9H11Br2NOS. The number of alkyl halides is 1. The minimum absolute atomic E-state index is 0.0312. The summed E-state index contributed by atoms with van der Waals surface area (Å²) in [5, 5.41) is 5.56. The van der Waals surface area contributed by atoms with Crippen molar-refractivity contribution in [3.05, 3.63) is 20.8 Å². The van der Waals surface area contributed by atoms with Crippen molar-refractivity contribution in [2.45, 2.75) is 19.4 Å². The Balaban J connectivity index is 2.73. The molecule has 0 saturated heterocycles. The van der Waals surface area contributed by atoms with E-state index in [2.05, 4.69) is 37.2 Å². The van der Waals surface area contributed by atoms with Gasteiger partial charge in [-0.3, -0.25) is 4.79 Å². The summed E-state index contributed by atoms with van der Waals surface area (Å²) in [5.74, 6) is -0.0312. The number of carbonyl (C=O) groups is 1. The van der Waals surface area contributed by atoms with Crippen LogP contribution < -0.4 is 5.32 Å². The summed E-state index contributed by atoms with van der Waals surface area (Å²) in [4.78, 5) is 12.5. The van der Waals surface area contributed by atoms with Crippen LogP contribution in [0.5, 0.6) is 0 Å². The van der Waals surface area contributed by atoms with E-state index in [4.69, 9.17) is 0 Å². The van der Waals surface area contributed by atoms with Crippen LogP contribution in [0.4, 0.5) is 0 Å². The van der Waals surface area contributed by atoms with Crippen molar-refractivity contribution in [3.8, 4) is 0 Å². The normalized spacial score (nSPS) is 11.4. The molecule has 0 atom stereocenters. The summed E-state index contributed by atoms with van der Waals surface area (Å²) in [6, 6.07) is 1.88. The lowest BCUT2D eigenvalue weighted by Crippen LogP contribution is -2.44. The van der Waals surface area contributed by atoms with Crippen LogP contribution in [0.1, 0.15) is 23.5 Å². The molecule has 78 valence electrons. The van der Waals surface area contributed by atoms with Gasteiger partial charge in [0.25, 0.3) is 5.91 Å². The Hall–Kier alpha value is 0.130. The molecule has 0 aliphatic heterocycles. The lowest BCUT2D eigenvalue weighted by molar-refractivity contribution is 0.0925. The summed E-state index contributed by atoms with van der Waals surface area (Å²) in [6.07, 6.45) is 0. The molecule has 0 aromatic carbocycles. The molecule has 0 aliphatic carbocycles. The number of rotatable bonds is 3. The number of hydrogen-bond donors (Lipinski definition) is 1. The lowest BCUT2D eigenvalue weighted by Gasteiger charge is -2.23. The third kappa shape index (κ3) is 3.07. The average Bonchev–Trinajstić information content (AvgIpc) is 2.51. The van der Waals surface area contributed by atoms with Gasteiger partial charge in [0.05, 0.1) is 0 Å². The first-order chi connectivity index (χ1) is 6.46. The Kier molecular flexibility index (Phi) is 4.15. The molecular weight excluding hydrogens is 330 g/mol. The predicted molar refractivity (Wildman–Crippen MR) is 67.4 cm³/mol. The molecule has 14 heavy (non-hydrogen) atoms. The lowest BCUT2D eigenvalue weighted by atomic mass is 10.1. The van der Waals surface area contributed by atoms with Gasteiger partial charge in [0, 0.05) is 15.3 Å². The van der Waals surface area contributed by atoms with E-state index in [0.717, 1.165) is 14.7 Å².